The molecule has 1 fully saturated rings. The quantitative estimate of drug-likeness (QED) is 0.701. The number of hydrogen-bond acceptors (Lipinski definition) is 8. The van der Waals surface area contributed by atoms with E-state index in [9.17, 15) is 0 Å². The zero-order chi connectivity index (χ0) is 14.4. The number of fused-ring (bicyclic) bond motifs is 1. The van der Waals surface area contributed by atoms with E-state index in [0.717, 1.165) is 34.7 Å². The summed E-state index contributed by atoms with van der Waals surface area (Å²) in [5.74, 6) is 0.945. The molecule has 21 heavy (non-hydrogen) atoms. The molecule has 1 aliphatic heterocycles. The second-order valence-corrected chi connectivity index (χ2v) is 6.26. The highest BCUT2D eigenvalue weighted by Crippen LogP contribution is 2.26. The van der Waals surface area contributed by atoms with E-state index in [4.69, 9.17) is 0 Å². The Morgan fingerprint density at radius 1 is 1.24 bits per heavy atom. The predicted octanol–water partition coefficient (Wildman–Crippen LogP) is 0.609. The molecule has 3 aromatic rings. The zero-order valence-electron chi connectivity index (χ0n) is 11.7. The van der Waals surface area contributed by atoms with Crippen molar-refractivity contribution in [1.82, 2.24) is 30.0 Å². The molecule has 0 saturated carbocycles. The van der Waals surface area contributed by atoms with E-state index in [-0.39, 0.29) is 0 Å². The zero-order valence-corrected chi connectivity index (χ0v) is 12.5. The van der Waals surface area contributed by atoms with Crippen molar-refractivity contribution < 1.29 is 0 Å². The normalized spacial score (nSPS) is 15.4. The number of anilines is 2. The van der Waals surface area contributed by atoms with Gasteiger partial charge in [0.05, 0.1) is 6.04 Å². The third-order valence-electron chi connectivity index (χ3n) is 3.70. The summed E-state index contributed by atoms with van der Waals surface area (Å²) in [7, 11) is 2.07. The van der Waals surface area contributed by atoms with Crippen LogP contribution in [0.1, 0.15) is 5.01 Å². The van der Waals surface area contributed by atoms with E-state index in [2.05, 4.69) is 42.3 Å². The minimum absolute atomic E-state index is 0.441. The van der Waals surface area contributed by atoms with Crippen LogP contribution < -0.4 is 9.80 Å². The lowest BCUT2D eigenvalue weighted by molar-refractivity contribution is 0.488. The number of rotatable bonds is 3. The van der Waals surface area contributed by atoms with Crippen molar-refractivity contribution in [3.05, 3.63) is 23.5 Å². The van der Waals surface area contributed by atoms with Gasteiger partial charge in [-0.3, -0.25) is 0 Å². The Kier molecular flexibility index (Phi) is 2.74. The van der Waals surface area contributed by atoms with Crippen molar-refractivity contribution in [3.8, 4) is 0 Å². The second-order valence-electron chi connectivity index (χ2n) is 5.10. The smallest absolute Gasteiger partial charge is 0.208 e. The summed E-state index contributed by atoms with van der Waals surface area (Å²) in [6, 6.07) is 4.35. The van der Waals surface area contributed by atoms with Crippen LogP contribution >= 0.6 is 11.3 Å². The Labute approximate surface area is 125 Å². The van der Waals surface area contributed by atoms with Gasteiger partial charge in [0.1, 0.15) is 17.2 Å². The first-order chi connectivity index (χ1) is 10.2. The average molecular weight is 302 g/mol. The first-order valence-electron chi connectivity index (χ1n) is 6.65. The molecule has 0 aromatic carbocycles. The maximum Gasteiger partial charge on any atom is 0.208 e. The Morgan fingerprint density at radius 2 is 2.10 bits per heavy atom. The van der Waals surface area contributed by atoms with Gasteiger partial charge in [0.2, 0.25) is 5.13 Å². The lowest BCUT2D eigenvalue weighted by Gasteiger charge is -2.44. The summed E-state index contributed by atoms with van der Waals surface area (Å²) in [6.07, 6.45) is 1.62. The molecule has 0 bridgehead atoms. The number of hydrogen-bond donors (Lipinski definition) is 0. The van der Waals surface area contributed by atoms with Gasteiger partial charge in [-0.25, -0.2) is 0 Å². The van der Waals surface area contributed by atoms with Crippen molar-refractivity contribution in [2.75, 3.05) is 29.9 Å². The maximum absolute atomic E-state index is 4.50. The van der Waals surface area contributed by atoms with Gasteiger partial charge in [-0.05, 0) is 19.1 Å². The van der Waals surface area contributed by atoms with Gasteiger partial charge in [-0.1, -0.05) is 11.3 Å². The molecule has 0 aliphatic carbocycles. The highest BCUT2D eigenvalue weighted by atomic mass is 32.1. The maximum atomic E-state index is 4.50. The topological polar surface area (TPSA) is 75.3 Å². The van der Waals surface area contributed by atoms with Crippen LogP contribution in [0.4, 0.5) is 10.9 Å². The number of aromatic nitrogens is 6. The van der Waals surface area contributed by atoms with Gasteiger partial charge in [-0.2, -0.15) is 4.52 Å². The van der Waals surface area contributed by atoms with Crippen LogP contribution in [0, 0.1) is 6.92 Å². The van der Waals surface area contributed by atoms with Crippen molar-refractivity contribution in [2.24, 2.45) is 0 Å². The van der Waals surface area contributed by atoms with Crippen molar-refractivity contribution in [3.63, 3.8) is 0 Å². The average Bonchev–Trinajstić information content (AvgIpc) is 3.04. The molecular formula is C12H14N8S. The minimum Gasteiger partial charge on any atom is -0.351 e. The first-order valence-corrected chi connectivity index (χ1v) is 7.47. The van der Waals surface area contributed by atoms with Crippen LogP contribution in [0.15, 0.2) is 18.5 Å². The third kappa shape index (κ3) is 2.09. The third-order valence-corrected chi connectivity index (χ3v) is 4.63. The molecule has 0 N–H and O–H groups in total. The summed E-state index contributed by atoms with van der Waals surface area (Å²) >= 11 is 1.62. The molecule has 0 unspecified atom stereocenters. The van der Waals surface area contributed by atoms with Crippen LogP contribution in [0.25, 0.3) is 5.65 Å². The highest BCUT2D eigenvalue weighted by Gasteiger charge is 2.32. The van der Waals surface area contributed by atoms with Crippen LogP contribution in [-0.2, 0) is 0 Å². The SMILES string of the molecule is Cc1nnc(N(C)C2CN(c3ccc4nncn4n3)C2)s1. The predicted molar refractivity (Wildman–Crippen MR) is 79.8 cm³/mol. The van der Waals surface area contributed by atoms with Crippen LogP contribution in [0.2, 0.25) is 0 Å². The molecule has 0 radical (unpaired) electrons. The molecule has 3 aromatic heterocycles. The standard InChI is InChI=1S/C12H14N8S/c1-8-14-16-12(21-8)18(2)9-5-19(6-9)11-4-3-10-15-13-7-20(10)17-11/h3-4,7,9H,5-6H2,1-2H3. The highest BCUT2D eigenvalue weighted by molar-refractivity contribution is 7.15. The molecule has 4 rings (SSSR count). The summed E-state index contributed by atoms with van der Waals surface area (Å²) in [4.78, 5) is 4.42. The van der Waals surface area contributed by atoms with Gasteiger partial charge in [0.15, 0.2) is 5.65 Å². The van der Waals surface area contributed by atoms with E-state index < -0.39 is 0 Å². The molecule has 8 nitrogen and oxygen atoms in total. The summed E-state index contributed by atoms with van der Waals surface area (Å²) in [5, 5.41) is 22.5. The lowest BCUT2D eigenvalue weighted by atomic mass is 10.1. The molecule has 4 heterocycles. The second kappa shape index (κ2) is 4.62. The fraction of sp³-hybridized carbons (Fsp3) is 0.417. The van der Waals surface area contributed by atoms with Gasteiger partial charge >= 0.3 is 0 Å². The number of likely N-dealkylation sites (N-methyl/N-ethyl adjacent to an activating group) is 1. The molecule has 1 saturated heterocycles. The van der Waals surface area contributed by atoms with Gasteiger partial charge in [0.25, 0.3) is 0 Å². The summed E-state index contributed by atoms with van der Waals surface area (Å²) in [6.45, 7) is 3.83. The number of aryl methyl sites for hydroxylation is 1. The van der Waals surface area contributed by atoms with E-state index >= 15 is 0 Å². The molecule has 0 atom stereocenters. The Hall–Kier alpha value is -2.29. The van der Waals surface area contributed by atoms with E-state index in [1.807, 2.05) is 19.1 Å². The van der Waals surface area contributed by atoms with Crippen LogP contribution in [-0.4, -0.2) is 56.2 Å². The summed E-state index contributed by atoms with van der Waals surface area (Å²) < 4.78 is 1.69. The van der Waals surface area contributed by atoms with Gasteiger partial charge in [0, 0.05) is 20.1 Å². The molecule has 108 valence electrons. The van der Waals surface area contributed by atoms with Crippen LogP contribution in [0.5, 0.6) is 0 Å². The first kappa shape index (κ1) is 12.5. The van der Waals surface area contributed by atoms with Crippen molar-refractivity contribution >= 4 is 27.9 Å². The number of nitrogens with zero attached hydrogens (tertiary/aromatic N) is 8. The molecule has 9 heteroatoms. The fourth-order valence-corrected chi connectivity index (χ4v) is 3.08. The van der Waals surface area contributed by atoms with Crippen LogP contribution in [0.3, 0.4) is 0 Å². The molecule has 0 amide bonds. The summed E-state index contributed by atoms with van der Waals surface area (Å²) in [5.41, 5.74) is 0.761. The largest absolute Gasteiger partial charge is 0.351 e. The Morgan fingerprint density at radius 3 is 2.86 bits per heavy atom. The van der Waals surface area contributed by atoms with Gasteiger partial charge < -0.3 is 9.80 Å². The Bertz CT molecular complexity index is 774. The van der Waals surface area contributed by atoms with Crippen molar-refractivity contribution in [1.29, 1.82) is 0 Å². The van der Waals surface area contributed by atoms with E-state index in [0.29, 0.717) is 6.04 Å². The lowest BCUT2D eigenvalue weighted by Crippen LogP contribution is -2.59. The molecule has 0 spiro atoms. The minimum atomic E-state index is 0.441. The monoisotopic (exact) mass is 302 g/mol. The fourth-order valence-electron chi connectivity index (χ4n) is 2.36. The molecular weight excluding hydrogens is 288 g/mol. The Balaban J connectivity index is 1.46. The molecule has 1 aliphatic rings. The van der Waals surface area contributed by atoms with Gasteiger partial charge in [-0.15, -0.1) is 25.5 Å². The van der Waals surface area contributed by atoms with Crippen molar-refractivity contribution in [2.45, 2.75) is 13.0 Å². The van der Waals surface area contributed by atoms with E-state index in [1.54, 1.807) is 22.2 Å². The van der Waals surface area contributed by atoms with E-state index in [1.165, 1.54) is 0 Å².